The van der Waals surface area contributed by atoms with Crippen molar-refractivity contribution in [2.24, 2.45) is 5.92 Å². The van der Waals surface area contributed by atoms with E-state index < -0.39 is 17.7 Å². The van der Waals surface area contributed by atoms with Gasteiger partial charge >= 0.3 is 18.2 Å². The van der Waals surface area contributed by atoms with Gasteiger partial charge in [-0.2, -0.15) is 13.2 Å². The number of hydrogen-bond donors (Lipinski definition) is 2. The first-order chi connectivity index (χ1) is 18.7. The van der Waals surface area contributed by atoms with Crippen molar-refractivity contribution in [3.8, 4) is 5.75 Å². The van der Waals surface area contributed by atoms with Crippen molar-refractivity contribution in [3.05, 3.63) is 36.0 Å². The second kappa shape index (κ2) is 13.7. The number of ether oxygens (including phenoxy) is 1. The Morgan fingerprint density at radius 1 is 1.03 bits per heavy atom. The molecule has 2 amide bonds. The molecule has 4 rings (SSSR count). The van der Waals surface area contributed by atoms with Crippen LogP contribution in [0.2, 0.25) is 0 Å². The van der Waals surface area contributed by atoms with E-state index >= 15 is 0 Å². The van der Waals surface area contributed by atoms with Crippen molar-refractivity contribution in [1.82, 2.24) is 9.88 Å². The molecule has 2 aliphatic rings. The Morgan fingerprint density at radius 2 is 1.67 bits per heavy atom. The molecule has 0 radical (unpaired) electrons. The summed E-state index contributed by atoms with van der Waals surface area (Å²) in [5.41, 5.74) is -0.694. The monoisotopic (exact) mass is 585 g/mol. The van der Waals surface area contributed by atoms with Crippen molar-refractivity contribution in [2.75, 3.05) is 17.7 Å². The van der Waals surface area contributed by atoms with Gasteiger partial charge in [-0.3, -0.25) is 10.1 Å². The number of anilines is 1. The first-order valence-corrected chi connectivity index (χ1v) is 15.2. The van der Waals surface area contributed by atoms with Gasteiger partial charge in [-0.05, 0) is 68.7 Å². The molecule has 2 aromatic rings. The van der Waals surface area contributed by atoms with Crippen LogP contribution in [-0.4, -0.2) is 51.4 Å². The zero-order valence-electron chi connectivity index (χ0n) is 21.6. The topological polar surface area (TPSA) is 91.8 Å². The zero-order valence-corrected chi connectivity index (χ0v) is 23.3. The number of carbonyl (C=O) groups is 2. The van der Waals surface area contributed by atoms with Crippen LogP contribution in [0, 0.1) is 5.92 Å². The van der Waals surface area contributed by atoms with E-state index in [0.29, 0.717) is 17.5 Å². The van der Waals surface area contributed by atoms with Gasteiger partial charge < -0.3 is 14.7 Å². The van der Waals surface area contributed by atoms with E-state index in [1.54, 1.807) is 6.20 Å². The molecular weight excluding hydrogens is 551 g/mol. The molecular formula is C27H34F3N3O4S2. The Balaban J connectivity index is 1.34. The SMILES string of the molecule is O=C(O)CSc1cnc(NC(=O)N(C2CCCCCC2)C2CCC(COc3ccc(C(F)(F)F)cc3)CC2)s1. The molecule has 7 nitrogen and oxygen atoms in total. The Hall–Kier alpha value is -2.47. The fourth-order valence-corrected chi connectivity index (χ4v) is 6.96. The number of urea groups is 1. The molecule has 214 valence electrons. The lowest BCUT2D eigenvalue weighted by Crippen LogP contribution is -2.50. The molecule has 0 unspecified atom stereocenters. The van der Waals surface area contributed by atoms with E-state index in [-0.39, 0.29) is 29.8 Å². The van der Waals surface area contributed by atoms with Crippen molar-refractivity contribution in [3.63, 3.8) is 0 Å². The Labute approximate surface area is 234 Å². The average Bonchev–Trinajstić information content (AvgIpc) is 3.18. The number of halogens is 3. The predicted octanol–water partition coefficient (Wildman–Crippen LogP) is 7.53. The van der Waals surface area contributed by atoms with Crippen LogP contribution in [0.3, 0.4) is 0 Å². The summed E-state index contributed by atoms with van der Waals surface area (Å²) in [7, 11) is 0. The molecule has 2 N–H and O–H groups in total. The maximum Gasteiger partial charge on any atom is 0.416 e. The third kappa shape index (κ3) is 8.76. The molecule has 12 heteroatoms. The van der Waals surface area contributed by atoms with Crippen LogP contribution in [0.5, 0.6) is 5.75 Å². The molecule has 2 aliphatic carbocycles. The third-order valence-electron chi connectivity index (χ3n) is 7.37. The number of carboxylic acids is 1. The largest absolute Gasteiger partial charge is 0.493 e. The highest BCUT2D eigenvalue weighted by molar-refractivity contribution is 8.01. The number of carbonyl (C=O) groups excluding carboxylic acids is 1. The number of rotatable bonds is 9. The minimum Gasteiger partial charge on any atom is -0.493 e. The van der Waals surface area contributed by atoms with Crippen LogP contribution < -0.4 is 10.1 Å². The maximum absolute atomic E-state index is 13.6. The number of benzene rings is 1. The lowest BCUT2D eigenvalue weighted by Gasteiger charge is -2.41. The normalized spacial score (nSPS) is 20.7. The molecule has 0 spiro atoms. The molecule has 1 aromatic carbocycles. The number of thioether (sulfide) groups is 1. The number of amides is 2. The maximum atomic E-state index is 13.6. The quantitative estimate of drug-likeness (QED) is 0.233. The van der Waals surface area contributed by atoms with Crippen LogP contribution in [0.15, 0.2) is 34.7 Å². The summed E-state index contributed by atoms with van der Waals surface area (Å²) < 4.78 is 44.9. The van der Waals surface area contributed by atoms with Gasteiger partial charge in [-0.1, -0.05) is 37.0 Å². The highest BCUT2D eigenvalue weighted by Crippen LogP contribution is 2.35. The molecule has 2 fully saturated rings. The molecule has 2 saturated carbocycles. The molecule has 1 heterocycles. The smallest absolute Gasteiger partial charge is 0.416 e. The first kappa shape index (κ1) is 29.5. The second-order valence-electron chi connectivity index (χ2n) is 10.2. The van der Waals surface area contributed by atoms with Gasteiger partial charge in [-0.15, -0.1) is 11.8 Å². The summed E-state index contributed by atoms with van der Waals surface area (Å²) in [4.78, 5) is 30.7. The molecule has 0 saturated heterocycles. The summed E-state index contributed by atoms with van der Waals surface area (Å²) in [5, 5.41) is 12.3. The minimum absolute atomic E-state index is 0.0599. The molecule has 1 aromatic heterocycles. The van der Waals surface area contributed by atoms with Crippen LogP contribution in [0.1, 0.15) is 69.8 Å². The summed E-state index contributed by atoms with van der Waals surface area (Å²) in [5.74, 6) is -0.265. The van der Waals surface area contributed by atoms with Crippen molar-refractivity contribution < 1.29 is 32.6 Å². The number of nitrogens with one attached hydrogen (secondary N) is 1. The first-order valence-electron chi connectivity index (χ1n) is 13.4. The number of nitrogens with zero attached hydrogens (tertiary/aromatic N) is 2. The van der Waals surface area contributed by atoms with E-state index in [2.05, 4.69) is 10.3 Å². The average molecular weight is 586 g/mol. The summed E-state index contributed by atoms with van der Waals surface area (Å²) in [6.07, 6.45) is 7.13. The van der Waals surface area contributed by atoms with E-state index in [1.165, 1.54) is 48.1 Å². The van der Waals surface area contributed by atoms with E-state index in [9.17, 15) is 22.8 Å². The van der Waals surface area contributed by atoms with Gasteiger partial charge in [0.15, 0.2) is 5.13 Å². The molecule has 0 atom stereocenters. The van der Waals surface area contributed by atoms with Gasteiger partial charge in [0.1, 0.15) is 5.75 Å². The van der Waals surface area contributed by atoms with Crippen LogP contribution in [0.25, 0.3) is 0 Å². The summed E-state index contributed by atoms with van der Waals surface area (Å²) in [6.45, 7) is 0.434. The Morgan fingerprint density at radius 3 is 2.28 bits per heavy atom. The van der Waals surface area contributed by atoms with Gasteiger partial charge in [0.25, 0.3) is 0 Å². The number of carboxylic acid groups (broad SMARTS) is 1. The van der Waals surface area contributed by atoms with Crippen LogP contribution in [0.4, 0.5) is 23.1 Å². The number of alkyl halides is 3. The number of aliphatic carboxylic acids is 1. The van der Waals surface area contributed by atoms with E-state index in [0.717, 1.165) is 67.7 Å². The van der Waals surface area contributed by atoms with Gasteiger partial charge in [-0.25, -0.2) is 9.78 Å². The predicted molar refractivity (Wildman–Crippen MR) is 146 cm³/mol. The van der Waals surface area contributed by atoms with Gasteiger partial charge in [0, 0.05) is 12.1 Å². The van der Waals surface area contributed by atoms with Crippen molar-refractivity contribution in [2.45, 2.75) is 86.7 Å². The zero-order chi connectivity index (χ0) is 27.8. The van der Waals surface area contributed by atoms with E-state index in [1.807, 2.05) is 4.90 Å². The lowest BCUT2D eigenvalue weighted by atomic mass is 9.85. The standard InChI is InChI=1S/C27H34F3N3O4S2/c28-27(29,30)19-9-13-22(14-10-19)37-16-18-7-11-21(12-8-18)33(20-5-3-1-2-4-6-20)26(36)32-25-31-15-24(39-25)38-17-23(34)35/h9-10,13-15,18,20-21H,1-8,11-12,16-17H2,(H,34,35)(H,31,32,36). The van der Waals surface area contributed by atoms with Gasteiger partial charge in [0.2, 0.25) is 0 Å². The Kier molecular flexibility index (Phi) is 10.4. The number of thiazole rings is 1. The fourth-order valence-electron chi connectivity index (χ4n) is 5.38. The lowest BCUT2D eigenvalue weighted by molar-refractivity contribution is -0.137. The number of aromatic nitrogens is 1. The second-order valence-corrected chi connectivity index (χ2v) is 12.5. The van der Waals surface area contributed by atoms with Crippen LogP contribution >= 0.6 is 23.1 Å². The van der Waals surface area contributed by atoms with Gasteiger partial charge in [0.05, 0.1) is 28.3 Å². The highest BCUT2D eigenvalue weighted by atomic mass is 32.2. The summed E-state index contributed by atoms with van der Waals surface area (Å²) >= 11 is 2.45. The fraction of sp³-hybridized carbons (Fsp3) is 0.593. The Bertz CT molecular complexity index is 1080. The summed E-state index contributed by atoms with van der Waals surface area (Å²) in [6, 6.07) is 4.88. The van der Waals surface area contributed by atoms with Crippen molar-refractivity contribution >= 4 is 40.2 Å². The van der Waals surface area contributed by atoms with E-state index in [4.69, 9.17) is 9.84 Å². The third-order valence-corrected chi connectivity index (χ3v) is 9.46. The molecule has 39 heavy (non-hydrogen) atoms. The highest BCUT2D eigenvalue weighted by Gasteiger charge is 2.35. The van der Waals surface area contributed by atoms with Crippen molar-refractivity contribution in [1.29, 1.82) is 0 Å². The van der Waals surface area contributed by atoms with Crippen LogP contribution in [-0.2, 0) is 11.0 Å². The molecule has 0 bridgehead atoms. The minimum atomic E-state index is -4.37. The number of hydrogen-bond acceptors (Lipinski definition) is 6. The molecule has 0 aliphatic heterocycles.